The number of ether oxygens (including phenoxy) is 2. The first-order chi connectivity index (χ1) is 14.7. The number of anilines is 1. The van der Waals surface area contributed by atoms with Crippen LogP contribution in [0.5, 0.6) is 11.5 Å². The number of aromatic nitrogens is 2. The minimum atomic E-state index is -0.253. The molecule has 3 aromatic rings. The average Bonchev–Trinajstić information content (AvgIpc) is 3.30. The van der Waals surface area contributed by atoms with E-state index >= 15 is 0 Å². The first-order valence-corrected chi connectivity index (χ1v) is 9.87. The fourth-order valence-electron chi connectivity index (χ4n) is 3.53. The smallest absolute Gasteiger partial charge is 0.322 e. The molecular formula is C22H24N4O4. The van der Waals surface area contributed by atoms with Gasteiger partial charge in [-0.25, -0.2) is 4.79 Å². The van der Waals surface area contributed by atoms with Gasteiger partial charge in [-0.2, -0.15) is 4.98 Å². The topological polar surface area (TPSA) is 89.7 Å². The van der Waals surface area contributed by atoms with Crippen LogP contribution in [-0.4, -0.2) is 41.8 Å². The summed E-state index contributed by atoms with van der Waals surface area (Å²) in [7, 11) is 3.23. The third-order valence-electron chi connectivity index (χ3n) is 5.18. The summed E-state index contributed by atoms with van der Waals surface area (Å²) in [6.45, 7) is 0.632. The predicted octanol–water partition coefficient (Wildman–Crippen LogP) is 4.51. The molecule has 1 saturated heterocycles. The van der Waals surface area contributed by atoms with Crippen LogP contribution >= 0.6 is 0 Å². The molecule has 1 fully saturated rings. The van der Waals surface area contributed by atoms with E-state index in [4.69, 9.17) is 14.0 Å². The SMILES string of the molecule is COc1ccc(NC(=O)N2CCCCC2c2nc(-c3ccc(OC)cc3)no2)cc1. The zero-order valence-electron chi connectivity index (χ0n) is 17.0. The molecule has 1 unspecified atom stereocenters. The van der Waals surface area contributed by atoms with Gasteiger partial charge in [0.15, 0.2) is 0 Å². The molecule has 0 saturated carbocycles. The highest BCUT2D eigenvalue weighted by Gasteiger charge is 2.32. The van der Waals surface area contributed by atoms with Gasteiger partial charge in [0.2, 0.25) is 11.7 Å². The summed E-state index contributed by atoms with van der Waals surface area (Å²) in [4.78, 5) is 19.3. The molecular weight excluding hydrogens is 384 g/mol. The normalized spacial score (nSPS) is 16.2. The lowest BCUT2D eigenvalue weighted by Crippen LogP contribution is -2.41. The lowest BCUT2D eigenvalue weighted by molar-refractivity contribution is 0.142. The number of carbonyl (C=O) groups is 1. The number of carbonyl (C=O) groups excluding carboxylic acids is 1. The molecule has 1 atom stereocenters. The van der Waals surface area contributed by atoms with E-state index in [-0.39, 0.29) is 12.1 Å². The van der Waals surface area contributed by atoms with Gasteiger partial charge >= 0.3 is 6.03 Å². The lowest BCUT2D eigenvalue weighted by atomic mass is 10.0. The Kier molecular flexibility index (Phi) is 5.83. The van der Waals surface area contributed by atoms with E-state index in [1.165, 1.54) is 0 Å². The van der Waals surface area contributed by atoms with Crippen molar-refractivity contribution in [3.8, 4) is 22.9 Å². The Labute approximate surface area is 174 Å². The Balaban J connectivity index is 1.50. The number of hydrogen-bond donors (Lipinski definition) is 1. The van der Waals surface area contributed by atoms with Crippen molar-refractivity contribution < 1.29 is 18.8 Å². The van der Waals surface area contributed by atoms with Crippen LogP contribution in [0, 0.1) is 0 Å². The minimum Gasteiger partial charge on any atom is -0.497 e. The largest absolute Gasteiger partial charge is 0.497 e. The minimum absolute atomic E-state index is 0.186. The first-order valence-electron chi connectivity index (χ1n) is 9.87. The van der Waals surface area contributed by atoms with Crippen molar-refractivity contribution in [1.29, 1.82) is 0 Å². The van der Waals surface area contributed by atoms with Crippen LogP contribution < -0.4 is 14.8 Å². The molecule has 30 heavy (non-hydrogen) atoms. The van der Waals surface area contributed by atoms with E-state index in [0.29, 0.717) is 23.9 Å². The lowest BCUT2D eigenvalue weighted by Gasteiger charge is -2.33. The second kappa shape index (κ2) is 8.86. The number of benzene rings is 2. The van der Waals surface area contributed by atoms with Crippen molar-refractivity contribution in [3.05, 3.63) is 54.4 Å². The highest BCUT2D eigenvalue weighted by Crippen LogP contribution is 2.32. The molecule has 4 rings (SSSR count). The fourth-order valence-corrected chi connectivity index (χ4v) is 3.53. The monoisotopic (exact) mass is 408 g/mol. The molecule has 1 aromatic heterocycles. The number of amides is 2. The summed E-state index contributed by atoms with van der Waals surface area (Å²) in [6.07, 6.45) is 2.71. The zero-order chi connectivity index (χ0) is 20.9. The number of rotatable bonds is 5. The molecule has 8 heteroatoms. The van der Waals surface area contributed by atoms with Gasteiger partial charge < -0.3 is 24.2 Å². The van der Waals surface area contributed by atoms with Crippen LogP contribution in [0.3, 0.4) is 0 Å². The summed E-state index contributed by atoms with van der Waals surface area (Å²) in [5.74, 6) is 2.44. The van der Waals surface area contributed by atoms with Crippen LogP contribution in [0.15, 0.2) is 53.1 Å². The van der Waals surface area contributed by atoms with Crippen LogP contribution in [0.25, 0.3) is 11.4 Å². The summed E-state index contributed by atoms with van der Waals surface area (Å²) < 4.78 is 15.9. The Morgan fingerprint density at radius 1 is 1.03 bits per heavy atom. The number of nitrogens with zero attached hydrogens (tertiary/aromatic N) is 3. The molecule has 156 valence electrons. The molecule has 0 spiro atoms. The van der Waals surface area contributed by atoms with Gasteiger partial charge in [-0.05, 0) is 67.8 Å². The summed E-state index contributed by atoms with van der Waals surface area (Å²) in [6, 6.07) is 14.2. The van der Waals surface area contributed by atoms with E-state index in [1.54, 1.807) is 19.1 Å². The van der Waals surface area contributed by atoms with Crippen LogP contribution in [0.2, 0.25) is 0 Å². The molecule has 0 aliphatic carbocycles. The number of likely N-dealkylation sites (tertiary alicyclic amines) is 1. The van der Waals surface area contributed by atoms with Gasteiger partial charge in [-0.1, -0.05) is 5.16 Å². The zero-order valence-corrected chi connectivity index (χ0v) is 17.0. The van der Waals surface area contributed by atoms with E-state index in [1.807, 2.05) is 48.5 Å². The molecule has 8 nitrogen and oxygen atoms in total. The van der Waals surface area contributed by atoms with Crippen LogP contribution in [0.4, 0.5) is 10.5 Å². The van der Waals surface area contributed by atoms with Crippen LogP contribution in [-0.2, 0) is 0 Å². The third kappa shape index (κ3) is 4.22. The second-order valence-electron chi connectivity index (χ2n) is 7.05. The highest BCUT2D eigenvalue weighted by atomic mass is 16.5. The summed E-state index contributed by atoms with van der Waals surface area (Å²) >= 11 is 0. The molecule has 1 N–H and O–H groups in total. The number of nitrogens with one attached hydrogen (secondary N) is 1. The van der Waals surface area contributed by atoms with Crippen molar-refractivity contribution in [2.24, 2.45) is 0 Å². The average molecular weight is 408 g/mol. The van der Waals surface area contributed by atoms with Gasteiger partial charge in [0, 0.05) is 17.8 Å². The second-order valence-corrected chi connectivity index (χ2v) is 7.05. The highest BCUT2D eigenvalue weighted by molar-refractivity contribution is 5.89. The van der Waals surface area contributed by atoms with Gasteiger partial charge in [-0.3, -0.25) is 0 Å². The number of hydrogen-bond acceptors (Lipinski definition) is 6. The predicted molar refractivity (Wildman–Crippen MR) is 112 cm³/mol. The van der Waals surface area contributed by atoms with Gasteiger partial charge in [0.05, 0.1) is 14.2 Å². The Hall–Kier alpha value is -3.55. The number of methoxy groups -OCH3 is 2. The molecule has 2 heterocycles. The Bertz CT molecular complexity index is 985. The van der Waals surface area contributed by atoms with Crippen molar-refractivity contribution >= 4 is 11.7 Å². The maximum absolute atomic E-state index is 12.9. The molecule has 1 aliphatic rings. The van der Waals surface area contributed by atoms with Crippen molar-refractivity contribution in [2.75, 3.05) is 26.1 Å². The molecule has 1 aliphatic heterocycles. The molecule has 0 radical (unpaired) electrons. The van der Waals surface area contributed by atoms with E-state index in [0.717, 1.165) is 36.3 Å². The Morgan fingerprint density at radius 2 is 1.70 bits per heavy atom. The van der Waals surface area contributed by atoms with Crippen molar-refractivity contribution in [3.63, 3.8) is 0 Å². The fraction of sp³-hybridized carbons (Fsp3) is 0.318. The van der Waals surface area contributed by atoms with Crippen molar-refractivity contribution in [2.45, 2.75) is 25.3 Å². The maximum atomic E-state index is 12.9. The third-order valence-corrected chi connectivity index (χ3v) is 5.18. The molecule has 0 bridgehead atoms. The number of urea groups is 1. The first kappa shape index (κ1) is 19.8. The number of piperidine rings is 1. The van der Waals surface area contributed by atoms with Gasteiger partial charge in [0.1, 0.15) is 17.5 Å². The maximum Gasteiger partial charge on any atom is 0.322 e. The summed E-state index contributed by atoms with van der Waals surface area (Å²) in [5, 5.41) is 7.06. The quantitative estimate of drug-likeness (QED) is 0.668. The van der Waals surface area contributed by atoms with E-state index in [2.05, 4.69) is 15.5 Å². The summed E-state index contributed by atoms with van der Waals surface area (Å²) in [5.41, 5.74) is 1.53. The van der Waals surface area contributed by atoms with Gasteiger partial charge in [-0.15, -0.1) is 0 Å². The van der Waals surface area contributed by atoms with E-state index < -0.39 is 0 Å². The van der Waals surface area contributed by atoms with Crippen LogP contribution in [0.1, 0.15) is 31.2 Å². The Morgan fingerprint density at radius 3 is 2.37 bits per heavy atom. The standard InChI is InChI=1S/C22H24N4O4/c1-28-17-10-6-15(7-11-17)20-24-21(30-25-20)19-5-3-4-14-26(19)22(27)23-16-8-12-18(29-2)13-9-16/h6-13,19H,3-5,14H2,1-2H3,(H,23,27). The molecule has 2 amide bonds. The van der Waals surface area contributed by atoms with Gasteiger partial charge in [0.25, 0.3) is 0 Å². The van der Waals surface area contributed by atoms with Crippen molar-refractivity contribution in [1.82, 2.24) is 15.0 Å². The van der Waals surface area contributed by atoms with E-state index in [9.17, 15) is 4.79 Å². The molecule has 2 aromatic carbocycles.